The van der Waals surface area contributed by atoms with E-state index in [0.29, 0.717) is 12.8 Å². The number of hydrogen-bond acceptors (Lipinski definition) is 4. The van der Waals surface area contributed by atoms with E-state index in [2.05, 4.69) is 9.71 Å². The molecule has 1 fully saturated rings. The Morgan fingerprint density at radius 1 is 1.45 bits per heavy atom. The van der Waals surface area contributed by atoms with Gasteiger partial charge in [-0.05, 0) is 24.5 Å². The highest BCUT2D eigenvalue weighted by atomic mass is 32.2. The van der Waals surface area contributed by atoms with Gasteiger partial charge < -0.3 is 5.11 Å². The van der Waals surface area contributed by atoms with Crippen molar-refractivity contribution in [3.63, 3.8) is 0 Å². The Labute approximate surface area is 117 Å². The third-order valence-electron chi connectivity index (χ3n) is 3.32. The van der Waals surface area contributed by atoms with Crippen molar-refractivity contribution in [1.29, 1.82) is 0 Å². The highest BCUT2D eigenvalue weighted by Gasteiger charge is 2.30. The highest BCUT2D eigenvalue weighted by molar-refractivity contribution is 7.87. The van der Waals surface area contributed by atoms with Crippen molar-refractivity contribution in [2.24, 2.45) is 5.92 Å². The molecule has 0 bridgehead atoms. The maximum absolute atomic E-state index is 12.1. The second-order valence-corrected chi connectivity index (χ2v) is 6.45. The first kappa shape index (κ1) is 14.9. The standard InChI is InChI=1S/C12H17N3O4S/c16-12(17)11-3-6-15(7-4-11)20(18,19)14-9-10-2-1-5-13-8-10/h1-2,5,8,11,14H,3-4,6-7,9H2,(H,16,17). The molecule has 110 valence electrons. The predicted molar refractivity (Wildman–Crippen MR) is 71.9 cm³/mol. The van der Waals surface area contributed by atoms with Crippen LogP contribution < -0.4 is 4.72 Å². The van der Waals surface area contributed by atoms with Crippen molar-refractivity contribution in [1.82, 2.24) is 14.0 Å². The second kappa shape index (κ2) is 6.29. The maximum atomic E-state index is 12.1. The van der Waals surface area contributed by atoms with Gasteiger partial charge in [-0.2, -0.15) is 17.4 Å². The molecule has 8 heteroatoms. The average molecular weight is 299 g/mol. The van der Waals surface area contributed by atoms with Crippen LogP contribution in [0.5, 0.6) is 0 Å². The number of hydrogen-bond donors (Lipinski definition) is 2. The first-order valence-corrected chi connectivity index (χ1v) is 7.79. The Bertz CT molecular complexity index is 553. The summed E-state index contributed by atoms with van der Waals surface area (Å²) in [5.41, 5.74) is 0.775. The molecule has 0 unspecified atom stereocenters. The van der Waals surface area contributed by atoms with Gasteiger partial charge in [-0.3, -0.25) is 9.78 Å². The molecular formula is C12H17N3O4S. The van der Waals surface area contributed by atoms with E-state index < -0.39 is 22.1 Å². The van der Waals surface area contributed by atoms with Gasteiger partial charge in [0, 0.05) is 32.0 Å². The number of aromatic nitrogens is 1. The predicted octanol–water partition coefficient (Wildman–Crippen LogP) is 0.213. The van der Waals surface area contributed by atoms with Crippen LogP contribution in [0.4, 0.5) is 0 Å². The molecule has 0 spiro atoms. The monoisotopic (exact) mass is 299 g/mol. The fourth-order valence-electron chi connectivity index (χ4n) is 2.11. The summed E-state index contributed by atoms with van der Waals surface area (Å²) in [6.07, 6.45) is 3.92. The van der Waals surface area contributed by atoms with E-state index in [-0.39, 0.29) is 19.6 Å². The number of carbonyl (C=O) groups is 1. The number of aliphatic carboxylic acids is 1. The Morgan fingerprint density at radius 3 is 2.70 bits per heavy atom. The minimum Gasteiger partial charge on any atom is -0.481 e. The molecule has 0 saturated carbocycles. The lowest BCUT2D eigenvalue weighted by Gasteiger charge is -2.29. The number of piperidine rings is 1. The van der Waals surface area contributed by atoms with E-state index in [0.717, 1.165) is 5.56 Å². The molecule has 1 saturated heterocycles. The molecule has 0 atom stereocenters. The van der Waals surface area contributed by atoms with E-state index in [9.17, 15) is 13.2 Å². The second-order valence-electron chi connectivity index (χ2n) is 4.70. The molecule has 2 rings (SSSR count). The third kappa shape index (κ3) is 3.75. The molecule has 0 aliphatic carbocycles. The quantitative estimate of drug-likeness (QED) is 0.810. The van der Waals surface area contributed by atoms with Crippen LogP contribution in [-0.4, -0.2) is 41.9 Å². The molecule has 0 amide bonds. The van der Waals surface area contributed by atoms with E-state index in [1.165, 1.54) is 4.31 Å². The molecule has 2 N–H and O–H groups in total. The van der Waals surface area contributed by atoms with Crippen LogP contribution in [0.3, 0.4) is 0 Å². The molecule has 1 aliphatic heterocycles. The SMILES string of the molecule is O=C(O)C1CCN(S(=O)(=O)NCc2cccnc2)CC1. The number of nitrogens with one attached hydrogen (secondary N) is 1. The molecule has 20 heavy (non-hydrogen) atoms. The zero-order valence-electron chi connectivity index (χ0n) is 10.9. The molecule has 0 radical (unpaired) electrons. The summed E-state index contributed by atoms with van der Waals surface area (Å²) in [7, 11) is -3.57. The van der Waals surface area contributed by atoms with Crippen LogP contribution in [-0.2, 0) is 21.5 Å². The van der Waals surface area contributed by atoms with Crippen LogP contribution in [0.25, 0.3) is 0 Å². The normalized spacial score (nSPS) is 18.0. The summed E-state index contributed by atoms with van der Waals surface area (Å²) in [6, 6.07) is 3.52. The zero-order chi connectivity index (χ0) is 14.6. The Morgan fingerprint density at radius 2 is 2.15 bits per heavy atom. The fourth-order valence-corrected chi connectivity index (χ4v) is 3.33. The van der Waals surface area contributed by atoms with Gasteiger partial charge in [0.2, 0.25) is 0 Å². The number of pyridine rings is 1. The van der Waals surface area contributed by atoms with Crippen molar-refractivity contribution in [3.05, 3.63) is 30.1 Å². The van der Waals surface area contributed by atoms with Gasteiger partial charge in [0.15, 0.2) is 0 Å². The van der Waals surface area contributed by atoms with Gasteiger partial charge in [-0.15, -0.1) is 0 Å². The van der Waals surface area contributed by atoms with E-state index in [4.69, 9.17) is 5.11 Å². The van der Waals surface area contributed by atoms with Crippen molar-refractivity contribution < 1.29 is 18.3 Å². The van der Waals surface area contributed by atoms with Crippen molar-refractivity contribution in [2.75, 3.05) is 13.1 Å². The lowest BCUT2D eigenvalue weighted by molar-refractivity contribution is -0.142. The number of carboxylic acids is 1. The summed E-state index contributed by atoms with van der Waals surface area (Å²) in [5.74, 6) is -1.30. The van der Waals surface area contributed by atoms with Gasteiger partial charge >= 0.3 is 5.97 Å². The summed E-state index contributed by atoms with van der Waals surface area (Å²) < 4.78 is 28.0. The minimum absolute atomic E-state index is 0.176. The van der Waals surface area contributed by atoms with E-state index >= 15 is 0 Å². The van der Waals surface area contributed by atoms with Gasteiger partial charge in [-0.25, -0.2) is 0 Å². The topological polar surface area (TPSA) is 99.6 Å². The molecule has 7 nitrogen and oxygen atoms in total. The lowest BCUT2D eigenvalue weighted by atomic mass is 9.99. The van der Waals surface area contributed by atoms with Gasteiger partial charge in [-0.1, -0.05) is 6.07 Å². The van der Waals surface area contributed by atoms with Crippen molar-refractivity contribution in [2.45, 2.75) is 19.4 Å². The van der Waals surface area contributed by atoms with Crippen LogP contribution in [0, 0.1) is 5.92 Å². The first-order valence-electron chi connectivity index (χ1n) is 6.35. The molecular weight excluding hydrogens is 282 g/mol. The van der Waals surface area contributed by atoms with E-state index in [1.54, 1.807) is 24.5 Å². The lowest BCUT2D eigenvalue weighted by Crippen LogP contribution is -2.45. The zero-order valence-corrected chi connectivity index (χ0v) is 11.7. The highest BCUT2D eigenvalue weighted by Crippen LogP contribution is 2.19. The average Bonchev–Trinajstić information content (AvgIpc) is 2.46. The summed E-state index contributed by atoms with van der Waals surface area (Å²) in [6.45, 7) is 0.647. The molecule has 0 aromatic carbocycles. The third-order valence-corrected chi connectivity index (χ3v) is 4.88. The molecule has 2 heterocycles. The van der Waals surface area contributed by atoms with Gasteiger partial charge in [0.1, 0.15) is 0 Å². The Kier molecular flexibility index (Phi) is 4.69. The molecule has 1 aliphatic rings. The van der Waals surface area contributed by atoms with Gasteiger partial charge in [0.05, 0.1) is 5.92 Å². The van der Waals surface area contributed by atoms with Crippen LogP contribution >= 0.6 is 0 Å². The van der Waals surface area contributed by atoms with Crippen LogP contribution in [0.2, 0.25) is 0 Å². The van der Waals surface area contributed by atoms with Crippen molar-refractivity contribution in [3.8, 4) is 0 Å². The van der Waals surface area contributed by atoms with Crippen LogP contribution in [0.1, 0.15) is 18.4 Å². The maximum Gasteiger partial charge on any atom is 0.306 e. The number of nitrogens with zero attached hydrogens (tertiary/aromatic N) is 2. The molecule has 1 aromatic heterocycles. The summed E-state index contributed by atoms with van der Waals surface area (Å²) >= 11 is 0. The first-order chi connectivity index (χ1) is 9.49. The van der Waals surface area contributed by atoms with Gasteiger partial charge in [0.25, 0.3) is 10.2 Å². The smallest absolute Gasteiger partial charge is 0.306 e. The largest absolute Gasteiger partial charge is 0.481 e. The van der Waals surface area contributed by atoms with Crippen molar-refractivity contribution >= 4 is 16.2 Å². The Hall–Kier alpha value is -1.51. The summed E-state index contributed by atoms with van der Waals surface area (Å²) in [4.78, 5) is 14.7. The fraction of sp³-hybridized carbons (Fsp3) is 0.500. The van der Waals surface area contributed by atoms with Crippen LogP contribution in [0.15, 0.2) is 24.5 Å². The minimum atomic E-state index is -3.57. The Balaban J connectivity index is 1.90. The van der Waals surface area contributed by atoms with E-state index in [1.807, 2.05) is 0 Å². The molecule has 1 aromatic rings. The summed E-state index contributed by atoms with van der Waals surface area (Å²) in [5, 5.41) is 8.89. The number of rotatable bonds is 5. The number of carboxylic acid groups (broad SMARTS) is 1.